The number of benzene rings is 2. The van der Waals surface area contributed by atoms with Crippen LogP contribution < -0.4 is 10.6 Å². The molecule has 8 nitrogen and oxygen atoms in total. The highest BCUT2D eigenvalue weighted by Crippen LogP contribution is 2.20. The van der Waals surface area contributed by atoms with Gasteiger partial charge in [-0.2, -0.15) is 0 Å². The first kappa shape index (κ1) is 17.3. The molecule has 1 heterocycles. The molecule has 2 aromatic carbocycles. The Morgan fingerprint density at radius 1 is 1.04 bits per heavy atom. The second-order valence-corrected chi connectivity index (χ2v) is 5.64. The van der Waals surface area contributed by atoms with Crippen molar-refractivity contribution in [1.29, 1.82) is 0 Å². The molecule has 0 saturated heterocycles. The molecule has 0 fully saturated rings. The molecule has 3 aromatic rings. The Morgan fingerprint density at radius 2 is 1.77 bits per heavy atom. The normalized spacial score (nSPS) is 10.4. The van der Waals surface area contributed by atoms with Crippen molar-refractivity contribution in [3.8, 4) is 11.4 Å². The topological polar surface area (TPSA) is 102 Å². The standard InChI is InChI=1S/C18H18N6O2/c1-3-16(25)19-14-8-5-7-13(11-14)18(26)20-15-9-4-6-12(10-15)17-21-22-23-24(17)2/h4-11H,3H2,1-2H3,(H,19,25)(H,20,26). The molecule has 0 bridgehead atoms. The maximum absolute atomic E-state index is 12.5. The number of aryl methyl sites for hydroxylation is 1. The highest BCUT2D eigenvalue weighted by atomic mass is 16.2. The van der Waals surface area contributed by atoms with E-state index in [0.29, 0.717) is 29.2 Å². The molecular formula is C18H18N6O2. The maximum atomic E-state index is 12.5. The van der Waals surface area contributed by atoms with Gasteiger partial charge in [0, 0.05) is 36.0 Å². The molecule has 0 aliphatic rings. The van der Waals surface area contributed by atoms with E-state index in [4.69, 9.17) is 0 Å². The summed E-state index contributed by atoms with van der Waals surface area (Å²) in [6, 6.07) is 14.1. The molecule has 132 valence electrons. The monoisotopic (exact) mass is 350 g/mol. The minimum atomic E-state index is -0.272. The van der Waals surface area contributed by atoms with E-state index >= 15 is 0 Å². The first-order chi connectivity index (χ1) is 12.6. The van der Waals surface area contributed by atoms with Crippen LogP contribution in [0, 0.1) is 0 Å². The van der Waals surface area contributed by atoms with Crippen LogP contribution in [0.15, 0.2) is 48.5 Å². The fourth-order valence-corrected chi connectivity index (χ4v) is 2.40. The van der Waals surface area contributed by atoms with Gasteiger partial charge in [0.1, 0.15) is 0 Å². The Morgan fingerprint density at radius 3 is 2.46 bits per heavy atom. The van der Waals surface area contributed by atoms with Crippen LogP contribution in [-0.2, 0) is 11.8 Å². The van der Waals surface area contributed by atoms with E-state index in [1.54, 1.807) is 55.1 Å². The SMILES string of the molecule is CCC(=O)Nc1cccc(C(=O)Nc2cccc(-c3nnnn3C)c2)c1. The van der Waals surface area contributed by atoms with E-state index in [9.17, 15) is 9.59 Å². The van der Waals surface area contributed by atoms with E-state index in [2.05, 4.69) is 26.2 Å². The molecule has 0 radical (unpaired) electrons. The number of nitrogens with zero attached hydrogens (tertiary/aromatic N) is 4. The molecular weight excluding hydrogens is 332 g/mol. The Hall–Kier alpha value is -3.55. The van der Waals surface area contributed by atoms with Crippen LogP contribution in [0.1, 0.15) is 23.7 Å². The van der Waals surface area contributed by atoms with Crippen LogP contribution in [0.25, 0.3) is 11.4 Å². The lowest BCUT2D eigenvalue weighted by Gasteiger charge is -2.09. The lowest BCUT2D eigenvalue weighted by atomic mass is 10.1. The predicted molar refractivity (Wildman–Crippen MR) is 97.5 cm³/mol. The van der Waals surface area contributed by atoms with Gasteiger partial charge in [0.15, 0.2) is 5.82 Å². The number of aromatic nitrogens is 4. The van der Waals surface area contributed by atoms with E-state index in [1.807, 2.05) is 12.1 Å². The first-order valence-corrected chi connectivity index (χ1v) is 8.11. The average Bonchev–Trinajstić information content (AvgIpc) is 3.08. The molecule has 2 N–H and O–H groups in total. The minimum Gasteiger partial charge on any atom is -0.326 e. The van der Waals surface area contributed by atoms with Gasteiger partial charge in [0.05, 0.1) is 0 Å². The summed E-state index contributed by atoms with van der Waals surface area (Å²) < 4.78 is 1.56. The van der Waals surface area contributed by atoms with Crippen LogP contribution in [-0.4, -0.2) is 32.0 Å². The quantitative estimate of drug-likeness (QED) is 0.736. The lowest BCUT2D eigenvalue weighted by molar-refractivity contribution is -0.115. The summed E-state index contributed by atoms with van der Waals surface area (Å²) in [6.45, 7) is 1.77. The number of nitrogens with one attached hydrogen (secondary N) is 2. The Kier molecular flexibility index (Phi) is 5.02. The summed E-state index contributed by atoms with van der Waals surface area (Å²) in [5, 5.41) is 17.0. The highest BCUT2D eigenvalue weighted by Gasteiger charge is 2.10. The van der Waals surface area contributed by atoms with Crippen molar-refractivity contribution in [3.05, 3.63) is 54.1 Å². The lowest BCUT2D eigenvalue weighted by Crippen LogP contribution is -2.14. The van der Waals surface area contributed by atoms with Crippen LogP contribution in [0.3, 0.4) is 0 Å². The molecule has 1 aromatic heterocycles. The van der Waals surface area contributed by atoms with Gasteiger partial charge in [0.2, 0.25) is 5.91 Å². The Balaban J connectivity index is 1.77. The fraction of sp³-hybridized carbons (Fsp3) is 0.167. The first-order valence-electron chi connectivity index (χ1n) is 8.11. The van der Waals surface area contributed by atoms with Crippen molar-refractivity contribution in [1.82, 2.24) is 20.2 Å². The third-order valence-electron chi connectivity index (χ3n) is 3.73. The Labute approximate surface area is 150 Å². The van der Waals surface area contributed by atoms with Gasteiger partial charge < -0.3 is 10.6 Å². The van der Waals surface area contributed by atoms with Crippen molar-refractivity contribution in [2.24, 2.45) is 7.05 Å². The maximum Gasteiger partial charge on any atom is 0.255 e. The van der Waals surface area contributed by atoms with Gasteiger partial charge in [-0.1, -0.05) is 25.1 Å². The fourth-order valence-electron chi connectivity index (χ4n) is 2.40. The summed E-state index contributed by atoms with van der Waals surface area (Å²) in [5.74, 6) is 0.226. The summed E-state index contributed by atoms with van der Waals surface area (Å²) >= 11 is 0. The molecule has 2 amide bonds. The van der Waals surface area contributed by atoms with Crippen molar-refractivity contribution in [2.45, 2.75) is 13.3 Å². The zero-order chi connectivity index (χ0) is 18.5. The third-order valence-corrected chi connectivity index (χ3v) is 3.73. The summed E-state index contributed by atoms with van der Waals surface area (Å²) in [7, 11) is 1.75. The van der Waals surface area contributed by atoms with Gasteiger partial charge in [-0.15, -0.1) is 5.10 Å². The van der Waals surface area contributed by atoms with Crippen LogP contribution >= 0.6 is 0 Å². The van der Waals surface area contributed by atoms with Crippen molar-refractivity contribution < 1.29 is 9.59 Å². The van der Waals surface area contributed by atoms with Gasteiger partial charge in [-0.3, -0.25) is 9.59 Å². The molecule has 0 atom stereocenters. The molecule has 0 spiro atoms. The van der Waals surface area contributed by atoms with Crippen LogP contribution in [0.5, 0.6) is 0 Å². The van der Waals surface area contributed by atoms with Crippen LogP contribution in [0.2, 0.25) is 0 Å². The number of anilines is 2. The van der Waals surface area contributed by atoms with Gasteiger partial charge in [-0.05, 0) is 40.8 Å². The number of carbonyl (C=O) groups excluding carboxylic acids is 2. The summed E-state index contributed by atoms with van der Waals surface area (Å²) in [6.07, 6.45) is 0.375. The van der Waals surface area contributed by atoms with E-state index in [1.165, 1.54) is 0 Å². The zero-order valence-corrected chi connectivity index (χ0v) is 14.4. The molecule has 8 heteroatoms. The number of hydrogen-bond donors (Lipinski definition) is 2. The van der Waals surface area contributed by atoms with Gasteiger partial charge in [0.25, 0.3) is 5.91 Å². The van der Waals surface area contributed by atoms with E-state index in [0.717, 1.165) is 5.56 Å². The zero-order valence-electron chi connectivity index (χ0n) is 14.4. The molecule has 0 aliphatic carbocycles. The number of amides is 2. The number of rotatable bonds is 5. The smallest absolute Gasteiger partial charge is 0.255 e. The molecule has 26 heavy (non-hydrogen) atoms. The second kappa shape index (κ2) is 7.56. The van der Waals surface area contributed by atoms with Crippen molar-refractivity contribution in [3.63, 3.8) is 0 Å². The summed E-state index contributed by atoms with van der Waals surface area (Å²) in [4.78, 5) is 24.0. The van der Waals surface area contributed by atoms with E-state index in [-0.39, 0.29) is 11.8 Å². The number of tetrazole rings is 1. The summed E-state index contributed by atoms with van der Waals surface area (Å²) in [5.41, 5.74) is 2.45. The second-order valence-electron chi connectivity index (χ2n) is 5.64. The van der Waals surface area contributed by atoms with Gasteiger partial charge >= 0.3 is 0 Å². The van der Waals surface area contributed by atoms with Gasteiger partial charge in [-0.25, -0.2) is 4.68 Å². The third kappa shape index (κ3) is 3.92. The average molecular weight is 350 g/mol. The Bertz CT molecular complexity index is 950. The van der Waals surface area contributed by atoms with Crippen LogP contribution in [0.4, 0.5) is 11.4 Å². The molecule has 0 saturated carbocycles. The van der Waals surface area contributed by atoms with Crippen molar-refractivity contribution in [2.75, 3.05) is 10.6 Å². The molecule has 0 unspecified atom stereocenters. The highest BCUT2D eigenvalue weighted by molar-refractivity contribution is 6.05. The predicted octanol–water partition coefficient (Wildman–Crippen LogP) is 2.48. The largest absolute Gasteiger partial charge is 0.326 e. The minimum absolute atomic E-state index is 0.104. The molecule has 3 rings (SSSR count). The number of hydrogen-bond acceptors (Lipinski definition) is 5. The van der Waals surface area contributed by atoms with E-state index < -0.39 is 0 Å². The van der Waals surface area contributed by atoms with Crippen molar-refractivity contribution >= 4 is 23.2 Å². The molecule has 0 aliphatic heterocycles. The number of carbonyl (C=O) groups is 2.